The maximum Gasteiger partial charge on any atom is 0.191 e. The zero-order valence-corrected chi connectivity index (χ0v) is 19.2. The third-order valence-electron chi connectivity index (χ3n) is 3.97. The number of aryl methyl sites for hydroxylation is 2. The molecule has 0 atom stereocenters. The van der Waals surface area contributed by atoms with E-state index in [4.69, 9.17) is 0 Å². The van der Waals surface area contributed by atoms with Crippen molar-refractivity contribution in [3.63, 3.8) is 0 Å². The minimum absolute atomic E-state index is 0. The fraction of sp³-hybridized carbons (Fsp3) is 0.474. The number of aliphatic imine (C=N–C) groups is 1. The number of rotatable bonds is 8. The van der Waals surface area contributed by atoms with Crippen molar-refractivity contribution in [2.24, 2.45) is 4.99 Å². The number of guanidine groups is 1. The van der Waals surface area contributed by atoms with E-state index in [0.29, 0.717) is 6.54 Å². The molecule has 1 heterocycles. The smallest absolute Gasteiger partial charge is 0.191 e. The number of hydrogen-bond acceptors (Lipinski definition) is 3. The Hall–Kier alpha value is -1.22. The largest absolute Gasteiger partial charge is 0.356 e. The van der Waals surface area contributed by atoms with E-state index in [1.54, 1.807) is 0 Å². The quantitative estimate of drug-likeness (QED) is 0.257. The summed E-state index contributed by atoms with van der Waals surface area (Å²) in [5.41, 5.74) is 4.47. The lowest BCUT2D eigenvalue weighted by molar-refractivity contribution is 0.730. The van der Waals surface area contributed by atoms with E-state index >= 15 is 0 Å². The van der Waals surface area contributed by atoms with Crippen molar-refractivity contribution in [1.29, 1.82) is 0 Å². The Kier molecular flexibility index (Phi) is 10.7. The predicted octanol–water partition coefficient (Wildman–Crippen LogP) is 3.92. The molecule has 0 aliphatic rings. The highest BCUT2D eigenvalue weighted by molar-refractivity contribution is 14.0. The Labute approximate surface area is 178 Å². The first-order valence-corrected chi connectivity index (χ1v) is 10.1. The molecular weight excluding hydrogens is 457 g/mol. The Morgan fingerprint density at radius 3 is 2.62 bits per heavy atom. The van der Waals surface area contributed by atoms with Crippen molar-refractivity contribution < 1.29 is 0 Å². The van der Waals surface area contributed by atoms with Crippen LogP contribution in [-0.2, 0) is 6.54 Å². The Morgan fingerprint density at radius 1 is 1.19 bits per heavy atom. The molecule has 2 rings (SSSR count). The second-order valence-corrected chi connectivity index (χ2v) is 7.01. The lowest BCUT2D eigenvalue weighted by atomic mass is 10.1. The Balaban J connectivity index is 0.00000338. The highest BCUT2D eigenvalue weighted by Gasteiger charge is 2.09. The van der Waals surface area contributed by atoms with Gasteiger partial charge >= 0.3 is 0 Å². The van der Waals surface area contributed by atoms with Gasteiger partial charge in [-0.2, -0.15) is 16.9 Å². The predicted molar refractivity (Wildman–Crippen MR) is 124 cm³/mol. The summed E-state index contributed by atoms with van der Waals surface area (Å²) < 4.78 is 2.00. The van der Waals surface area contributed by atoms with Crippen LogP contribution in [0.4, 0.5) is 0 Å². The molecule has 0 radical (unpaired) electrons. The summed E-state index contributed by atoms with van der Waals surface area (Å²) in [7, 11) is 1.81. The van der Waals surface area contributed by atoms with Crippen LogP contribution in [0.15, 0.2) is 35.3 Å². The van der Waals surface area contributed by atoms with Crippen LogP contribution >= 0.6 is 35.7 Å². The van der Waals surface area contributed by atoms with Gasteiger partial charge in [0.2, 0.25) is 0 Å². The van der Waals surface area contributed by atoms with Crippen molar-refractivity contribution in [3.05, 3.63) is 47.3 Å². The summed E-state index contributed by atoms with van der Waals surface area (Å²) in [4.78, 5) is 4.31. The number of aromatic nitrogens is 2. The molecule has 0 spiro atoms. The molecule has 2 N–H and O–H groups in total. The number of para-hydroxylation sites is 1. The molecule has 1 aromatic carbocycles. The molecule has 26 heavy (non-hydrogen) atoms. The molecule has 7 heteroatoms. The molecule has 0 aliphatic heterocycles. The number of benzene rings is 1. The van der Waals surface area contributed by atoms with Gasteiger partial charge in [0, 0.05) is 25.8 Å². The minimum Gasteiger partial charge on any atom is -0.356 e. The van der Waals surface area contributed by atoms with Crippen LogP contribution in [0.2, 0.25) is 0 Å². The van der Waals surface area contributed by atoms with Crippen molar-refractivity contribution in [1.82, 2.24) is 20.4 Å². The molecule has 0 unspecified atom stereocenters. The fourth-order valence-corrected chi connectivity index (χ4v) is 3.21. The Morgan fingerprint density at radius 2 is 1.96 bits per heavy atom. The second-order valence-electron chi connectivity index (χ2n) is 6.02. The number of unbranched alkanes of at least 4 members (excludes halogenated alkanes) is 1. The van der Waals surface area contributed by atoms with Crippen LogP contribution in [-0.4, -0.2) is 41.3 Å². The highest BCUT2D eigenvalue weighted by Crippen LogP contribution is 2.16. The molecule has 0 saturated heterocycles. The summed E-state index contributed by atoms with van der Waals surface area (Å²) in [6, 6.07) is 10.4. The van der Waals surface area contributed by atoms with E-state index in [1.807, 2.05) is 36.5 Å². The summed E-state index contributed by atoms with van der Waals surface area (Å²) in [5, 5.41) is 11.4. The molecule has 1 aromatic heterocycles. The van der Waals surface area contributed by atoms with E-state index in [9.17, 15) is 0 Å². The monoisotopic (exact) mass is 487 g/mol. The number of hydrogen-bond donors (Lipinski definition) is 2. The number of nitrogens with zero attached hydrogens (tertiary/aromatic N) is 3. The summed E-state index contributed by atoms with van der Waals surface area (Å²) >= 11 is 1.89. The summed E-state index contributed by atoms with van der Waals surface area (Å²) in [6.45, 7) is 5.75. The molecule has 0 bridgehead atoms. The normalized spacial score (nSPS) is 11.2. The molecule has 144 valence electrons. The SMILES string of the molecule is CN=C(NCCCCSC)NCc1ccccc1-n1nc(C)cc1C.I. The Bertz CT molecular complexity index is 699. The van der Waals surface area contributed by atoms with Gasteiger partial charge in [0.15, 0.2) is 5.96 Å². The van der Waals surface area contributed by atoms with Crippen LogP contribution in [0, 0.1) is 13.8 Å². The van der Waals surface area contributed by atoms with E-state index in [1.165, 1.54) is 17.7 Å². The van der Waals surface area contributed by atoms with E-state index in [2.05, 4.69) is 58.2 Å². The molecule has 0 aliphatic carbocycles. The molecule has 0 amide bonds. The van der Waals surface area contributed by atoms with Gasteiger partial charge < -0.3 is 10.6 Å². The van der Waals surface area contributed by atoms with Crippen molar-refractivity contribution in [3.8, 4) is 5.69 Å². The molecule has 5 nitrogen and oxygen atoms in total. The van der Waals surface area contributed by atoms with Gasteiger partial charge in [-0.05, 0) is 56.4 Å². The highest BCUT2D eigenvalue weighted by atomic mass is 127. The first kappa shape index (κ1) is 22.8. The first-order valence-electron chi connectivity index (χ1n) is 8.70. The third-order valence-corrected chi connectivity index (χ3v) is 4.66. The third kappa shape index (κ3) is 6.83. The topological polar surface area (TPSA) is 54.2 Å². The molecule has 0 fully saturated rings. The zero-order chi connectivity index (χ0) is 18.1. The lowest BCUT2D eigenvalue weighted by Crippen LogP contribution is -2.37. The van der Waals surface area contributed by atoms with Gasteiger partial charge in [-0.15, -0.1) is 24.0 Å². The lowest BCUT2D eigenvalue weighted by Gasteiger charge is -2.15. The average molecular weight is 487 g/mol. The zero-order valence-electron chi connectivity index (χ0n) is 16.1. The standard InChI is InChI=1S/C19H29N5S.HI/c1-15-13-16(2)24(23-15)18-10-6-5-9-17(18)14-22-19(20-3)21-11-7-8-12-25-4;/h5-6,9-10,13H,7-8,11-12,14H2,1-4H3,(H2,20,21,22);1H. The first-order chi connectivity index (χ1) is 12.2. The van der Waals surface area contributed by atoms with Gasteiger partial charge in [0.05, 0.1) is 11.4 Å². The van der Waals surface area contributed by atoms with Gasteiger partial charge in [0.1, 0.15) is 0 Å². The molecule has 0 saturated carbocycles. The van der Waals surface area contributed by atoms with Crippen LogP contribution in [0.25, 0.3) is 5.69 Å². The average Bonchev–Trinajstić information content (AvgIpc) is 2.96. The van der Waals surface area contributed by atoms with E-state index < -0.39 is 0 Å². The van der Waals surface area contributed by atoms with E-state index in [0.717, 1.165) is 36.0 Å². The van der Waals surface area contributed by atoms with Gasteiger partial charge in [-0.3, -0.25) is 4.99 Å². The number of nitrogens with one attached hydrogen (secondary N) is 2. The van der Waals surface area contributed by atoms with Crippen molar-refractivity contribution in [2.75, 3.05) is 25.6 Å². The maximum absolute atomic E-state index is 4.61. The molecular formula is C19H30IN5S. The summed E-state index contributed by atoms with van der Waals surface area (Å²) in [5.74, 6) is 2.05. The van der Waals surface area contributed by atoms with Gasteiger partial charge in [0.25, 0.3) is 0 Å². The van der Waals surface area contributed by atoms with Crippen molar-refractivity contribution in [2.45, 2.75) is 33.2 Å². The van der Waals surface area contributed by atoms with Crippen LogP contribution in [0.5, 0.6) is 0 Å². The van der Waals surface area contributed by atoms with Crippen LogP contribution < -0.4 is 10.6 Å². The number of halogens is 1. The fourth-order valence-electron chi connectivity index (χ4n) is 2.72. The van der Waals surface area contributed by atoms with Gasteiger partial charge in [-0.25, -0.2) is 4.68 Å². The van der Waals surface area contributed by atoms with E-state index in [-0.39, 0.29) is 24.0 Å². The van der Waals surface area contributed by atoms with Crippen LogP contribution in [0.1, 0.15) is 29.8 Å². The summed E-state index contributed by atoms with van der Waals surface area (Å²) in [6.07, 6.45) is 4.53. The van der Waals surface area contributed by atoms with Crippen molar-refractivity contribution >= 4 is 41.7 Å². The van der Waals surface area contributed by atoms with Gasteiger partial charge in [-0.1, -0.05) is 18.2 Å². The van der Waals surface area contributed by atoms with Crippen LogP contribution in [0.3, 0.4) is 0 Å². The molecule has 2 aromatic rings. The minimum atomic E-state index is 0. The second kappa shape index (κ2) is 12.2. The number of thioether (sulfide) groups is 1. The maximum atomic E-state index is 4.61.